The van der Waals surface area contributed by atoms with Gasteiger partial charge in [0.15, 0.2) is 0 Å². The summed E-state index contributed by atoms with van der Waals surface area (Å²) in [5.74, 6) is 2.96. The number of carbonyl (C=O) groups excluding carboxylic acids is 1. The lowest BCUT2D eigenvalue weighted by Crippen LogP contribution is -2.55. The first-order valence-electron chi connectivity index (χ1n) is 9.06. The molecule has 4 saturated carbocycles. The highest BCUT2D eigenvalue weighted by atomic mass is 35.5. The van der Waals surface area contributed by atoms with E-state index >= 15 is 0 Å². The van der Waals surface area contributed by atoms with Gasteiger partial charge in [-0.3, -0.25) is 4.79 Å². The third kappa shape index (κ3) is 2.91. The van der Waals surface area contributed by atoms with Crippen molar-refractivity contribution in [1.82, 2.24) is 10.6 Å². The van der Waals surface area contributed by atoms with Crippen molar-refractivity contribution in [2.75, 3.05) is 19.6 Å². The third-order valence-electron chi connectivity index (χ3n) is 6.88. The number of hydrogen-bond donors (Lipinski definition) is 2. The standard InChI is InChI=1S/C18H30N2O.ClH/c1-17(3-2-4-19-11-17)12-20-16(21)18-8-13-5-14(9-18)7-15(6-13)10-18;/h13-15,19H,2-12H2,1H3,(H,20,21);1H. The van der Waals surface area contributed by atoms with Crippen molar-refractivity contribution in [1.29, 1.82) is 0 Å². The predicted octanol–water partition coefficient (Wildman–Crippen LogP) is 3.13. The molecule has 0 aromatic carbocycles. The SMILES string of the molecule is CC1(CNC(=O)C23CC4CC(CC(C4)C2)C3)CCCNC1.Cl. The number of hydrogen-bond acceptors (Lipinski definition) is 2. The molecule has 3 nitrogen and oxygen atoms in total. The van der Waals surface area contributed by atoms with Crippen LogP contribution in [0.4, 0.5) is 0 Å². The van der Waals surface area contributed by atoms with Gasteiger partial charge in [0.1, 0.15) is 0 Å². The second-order valence-corrected chi connectivity index (χ2v) is 8.97. The zero-order chi connectivity index (χ0) is 14.5. The number of nitrogens with one attached hydrogen (secondary N) is 2. The molecule has 1 aliphatic heterocycles. The molecule has 1 unspecified atom stereocenters. The molecule has 22 heavy (non-hydrogen) atoms. The van der Waals surface area contributed by atoms with Gasteiger partial charge < -0.3 is 10.6 Å². The van der Waals surface area contributed by atoms with E-state index in [2.05, 4.69) is 17.6 Å². The summed E-state index contributed by atoms with van der Waals surface area (Å²) < 4.78 is 0. The molecule has 5 aliphatic rings. The molecule has 0 aromatic heterocycles. The zero-order valence-corrected chi connectivity index (χ0v) is 14.6. The fraction of sp³-hybridized carbons (Fsp3) is 0.944. The van der Waals surface area contributed by atoms with Gasteiger partial charge in [0, 0.05) is 18.5 Å². The van der Waals surface area contributed by atoms with Crippen molar-refractivity contribution in [2.45, 2.75) is 58.3 Å². The Morgan fingerprint density at radius 3 is 2.23 bits per heavy atom. The predicted molar refractivity (Wildman–Crippen MR) is 91.1 cm³/mol. The molecule has 2 N–H and O–H groups in total. The molecule has 4 heteroatoms. The molecule has 1 amide bonds. The van der Waals surface area contributed by atoms with Gasteiger partial charge in [-0.25, -0.2) is 0 Å². The van der Waals surface area contributed by atoms with E-state index in [9.17, 15) is 4.79 Å². The van der Waals surface area contributed by atoms with Crippen molar-refractivity contribution in [2.24, 2.45) is 28.6 Å². The van der Waals surface area contributed by atoms with Crippen LogP contribution in [0.15, 0.2) is 0 Å². The van der Waals surface area contributed by atoms with Gasteiger partial charge in [0.25, 0.3) is 0 Å². The lowest BCUT2D eigenvalue weighted by atomic mass is 9.49. The number of carbonyl (C=O) groups is 1. The van der Waals surface area contributed by atoms with Crippen LogP contribution in [0.25, 0.3) is 0 Å². The van der Waals surface area contributed by atoms with Gasteiger partial charge in [-0.1, -0.05) is 6.92 Å². The molecule has 1 saturated heterocycles. The van der Waals surface area contributed by atoms with Crippen LogP contribution in [0.2, 0.25) is 0 Å². The van der Waals surface area contributed by atoms with Gasteiger partial charge >= 0.3 is 0 Å². The highest BCUT2D eigenvalue weighted by Crippen LogP contribution is 2.60. The van der Waals surface area contributed by atoms with E-state index in [1.165, 1.54) is 51.4 Å². The van der Waals surface area contributed by atoms with E-state index < -0.39 is 0 Å². The fourth-order valence-electron chi connectivity index (χ4n) is 6.14. The van der Waals surface area contributed by atoms with Crippen molar-refractivity contribution < 1.29 is 4.79 Å². The summed E-state index contributed by atoms with van der Waals surface area (Å²) in [6.07, 6.45) is 10.3. The van der Waals surface area contributed by atoms with Crippen molar-refractivity contribution in [3.05, 3.63) is 0 Å². The Hall–Kier alpha value is -0.280. The van der Waals surface area contributed by atoms with E-state index in [1.54, 1.807) is 0 Å². The summed E-state index contributed by atoms with van der Waals surface area (Å²) >= 11 is 0. The Bertz CT molecular complexity index is 396. The summed E-state index contributed by atoms with van der Waals surface area (Å²) in [6, 6.07) is 0. The Morgan fingerprint density at radius 1 is 1.14 bits per heavy atom. The minimum Gasteiger partial charge on any atom is -0.355 e. The van der Waals surface area contributed by atoms with E-state index in [-0.39, 0.29) is 23.2 Å². The van der Waals surface area contributed by atoms with Crippen LogP contribution in [0.1, 0.15) is 58.3 Å². The number of piperidine rings is 1. The molecule has 5 fully saturated rings. The fourth-order valence-corrected chi connectivity index (χ4v) is 6.14. The monoisotopic (exact) mass is 326 g/mol. The van der Waals surface area contributed by atoms with Gasteiger partial charge in [0.05, 0.1) is 0 Å². The maximum Gasteiger partial charge on any atom is 0.226 e. The molecule has 0 aromatic rings. The third-order valence-corrected chi connectivity index (χ3v) is 6.88. The molecule has 0 radical (unpaired) electrons. The molecular formula is C18H31ClN2O. The normalized spacial score (nSPS) is 46.1. The summed E-state index contributed by atoms with van der Waals surface area (Å²) in [7, 11) is 0. The highest BCUT2D eigenvalue weighted by molar-refractivity contribution is 5.85. The van der Waals surface area contributed by atoms with E-state index in [4.69, 9.17) is 0 Å². The van der Waals surface area contributed by atoms with Crippen LogP contribution in [0, 0.1) is 28.6 Å². The van der Waals surface area contributed by atoms with E-state index in [0.717, 1.165) is 37.4 Å². The maximum atomic E-state index is 13.0. The first kappa shape index (κ1) is 16.6. The summed E-state index contributed by atoms with van der Waals surface area (Å²) in [4.78, 5) is 13.0. The zero-order valence-electron chi connectivity index (χ0n) is 13.8. The average molecular weight is 327 g/mol. The van der Waals surface area contributed by atoms with E-state index in [0.29, 0.717) is 5.91 Å². The van der Waals surface area contributed by atoms with Crippen LogP contribution in [-0.4, -0.2) is 25.5 Å². The Balaban J connectivity index is 0.00000144. The largest absolute Gasteiger partial charge is 0.355 e. The highest BCUT2D eigenvalue weighted by Gasteiger charge is 2.54. The van der Waals surface area contributed by atoms with E-state index in [1.807, 2.05) is 0 Å². The summed E-state index contributed by atoms with van der Waals surface area (Å²) in [6.45, 7) is 5.37. The summed E-state index contributed by atoms with van der Waals surface area (Å²) in [5, 5.41) is 6.85. The van der Waals surface area contributed by atoms with Crippen LogP contribution >= 0.6 is 12.4 Å². The number of rotatable bonds is 3. The molecule has 4 bridgehead atoms. The maximum absolute atomic E-state index is 13.0. The smallest absolute Gasteiger partial charge is 0.226 e. The van der Waals surface area contributed by atoms with Gasteiger partial charge in [-0.05, 0) is 81.1 Å². The molecule has 126 valence electrons. The first-order valence-corrected chi connectivity index (χ1v) is 9.06. The topological polar surface area (TPSA) is 41.1 Å². The van der Waals surface area contributed by atoms with Gasteiger partial charge in [-0.2, -0.15) is 0 Å². The quantitative estimate of drug-likeness (QED) is 0.836. The number of amides is 1. The van der Waals surface area contributed by atoms with Crippen molar-refractivity contribution in [3.8, 4) is 0 Å². The average Bonchev–Trinajstić information content (AvgIpc) is 2.44. The molecule has 4 aliphatic carbocycles. The minimum absolute atomic E-state index is 0. The van der Waals surface area contributed by atoms with Gasteiger partial charge in [-0.15, -0.1) is 12.4 Å². The first-order chi connectivity index (χ1) is 10.1. The van der Waals surface area contributed by atoms with Crippen LogP contribution in [-0.2, 0) is 4.79 Å². The molecule has 1 atom stereocenters. The van der Waals surface area contributed by atoms with Crippen molar-refractivity contribution in [3.63, 3.8) is 0 Å². The Morgan fingerprint density at radius 2 is 1.73 bits per heavy atom. The summed E-state index contributed by atoms with van der Waals surface area (Å²) in [5.41, 5.74) is 0.281. The molecule has 5 rings (SSSR count). The Labute approximate surface area is 140 Å². The molecule has 0 spiro atoms. The second-order valence-electron chi connectivity index (χ2n) is 8.97. The van der Waals surface area contributed by atoms with Gasteiger partial charge in [0.2, 0.25) is 5.91 Å². The number of halogens is 1. The van der Waals surface area contributed by atoms with Crippen LogP contribution < -0.4 is 10.6 Å². The van der Waals surface area contributed by atoms with Crippen molar-refractivity contribution >= 4 is 18.3 Å². The molecular weight excluding hydrogens is 296 g/mol. The van der Waals surface area contributed by atoms with Crippen LogP contribution in [0.3, 0.4) is 0 Å². The minimum atomic E-state index is 0. The lowest BCUT2D eigenvalue weighted by molar-refractivity contribution is -0.146. The molecule has 1 heterocycles. The lowest BCUT2D eigenvalue weighted by Gasteiger charge is -2.55. The van der Waals surface area contributed by atoms with Crippen LogP contribution in [0.5, 0.6) is 0 Å². The Kier molecular flexibility index (Phi) is 4.50. The second kappa shape index (κ2) is 5.98.